The second-order valence-corrected chi connectivity index (χ2v) is 7.57. The van der Waals surface area contributed by atoms with Crippen molar-refractivity contribution >= 4 is 5.84 Å². The van der Waals surface area contributed by atoms with Crippen molar-refractivity contribution in [3.05, 3.63) is 0 Å². The molecule has 1 atom stereocenters. The summed E-state index contributed by atoms with van der Waals surface area (Å²) in [4.78, 5) is 0. The van der Waals surface area contributed by atoms with E-state index >= 15 is 0 Å². The van der Waals surface area contributed by atoms with Gasteiger partial charge >= 0.3 is 0 Å². The van der Waals surface area contributed by atoms with Crippen LogP contribution in [-0.4, -0.2) is 23.6 Å². The number of nitrogens with one attached hydrogen (secondary N) is 1. The van der Waals surface area contributed by atoms with Crippen LogP contribution in [0.25, 0.3) is 0 Å². The molecule has 1 rings (SSSR count). The lowest BCUT2D eigenvalue weighted by Crippen LogP contribution is -2.44. The Hall–Kier alpha value is -0.770. The van der Waals surface area contributed by atoms with Crippen molar-refractivity contribution in [2.45, 2.75) is 78.7 Å². The SMILES string of the molecule is CC(C)(CCCCNC1CCCCC1(C)C)C(N)=NO. The Balaban J connectivity index is 2.22. The van der Waals surface area contributed by atoms with Crippen LogP contribution in [0.5, 0.6) is 0 Å². The van der Waals surface area contributed by atoms with Crippen molar-refractivity contribution in [3.63, 3.8) is 0 Å². The minimum atomic E-state index is -0.209. The lowest BCUT2D eigenvalue weighted by Gasteiger charge is -2.39. The Kier molecular flexibility index (Phi) is 6.31. The third-order valence-corrected chi connectivity index (χ3v) is 4.93. The van der Waals surface area contributed by atoms with E-state index in [1.807, 2.05) is 13.8 Å². The Morgan fingerprint density at radius 3 is 2.65 bits per heavy atom. The zero-order valence-corrected chi connectivity index (χ0v) is 13.7. The van der Waals surface area contributed by atoms with Gasteiger partial charge < -0.3 is 16.3 Å². The summed E-state index contributed by atoms with van der Waals surface area (Å²) in [5.41, 5.74) is 5.93. The van der Waals surface area contributed by atoms with Gasteiger partial charge in [-0.3, -0.25) is 0 Å². The molecule has 1 saturated carbocycles. The first-order valence-electron chi connectivity index (χ1n) is 8.01. The molecule has 0 amide bonds. The Morgan fingerprint density at radius 1 is 1.35 bits per heavy atom. The summed E-state index contributed by atoms with van der Waals surface area (Å²) in [6.07, 6.45) is 8.58. The standard InChI is InChI=1S/C16H33N3O/c1-15(2)10-6-5-9-13(15)18-12-8-7-11-16(3,4)14(17)19-20/h13,18,20H,5-12H2,1-4H3,(H2,17,19). The summed E-state index contributed by atoms with van der Waals surface area (Å²) in [5, 5.41) is 15.6. The van der Waals surface area contributed by atoms with Crippen LogP contribution in [0.3, 0.4) is 0 Å². The molecule has 0 aromatic carbocycles. The molecule has 4 heteroatoms. The highest BCUT2D eigenvalue weighted by atomic mass is 16.4. The maximum Gasteiger partial charge on any atom is 0.144 e. The van der Waals surface area contributed by atoms with Crippen molar-refractivity contribution in [1.29, 1.82) is 0 Å². The van der Waals surface area contributed by atoms with Crippen LogP contribution in [0.15, 0.2) is 5.16 Å². The molecule has 20 heavy (non-hydrogen) atoms. The molecule has 1 unspecified atom stereocenters. The lowest BCUT2D eigenvalue weighted by atomic mass is 9.73. The molecule has 0 saturated heterocycles. The van der Waals surface area contributed by atoms with E-state index in [4.69, 9.17) is 10.9 Å². The van der Waals surface area contributed by atoms with Gasteiger partial charge in [-0.2, -0.15) is 0 Å². The molecule has 1 aliphatic carbocycles. The van der Waals surface area contributed by atoms with Crippen LogP contribution < -0.4 is 11.1 Å². The maximum atomic E-state index is 8.75. The second kappa shape index (κ2) is 7.30. The summed E-state index contributed by atoms with van der Waals surface area (Å²) < 4.78 is 0. The first-order valence-corrected chi connectivity index (χ1v) is 8.01. The average Bonchev–Trinajstić information content (AvgIpc) is 2.38. The number of unbranched alkanes of at least 4 members (excludes halogenated alkanes) is 1. The van der Waals surface area contributed by atoms with Gasteiger partial charge in [0, 0.05) is 11.5 Å². The van der Waals surface area contributed by atoms with Crippen molar-refractivity contribution in [2.24, 2.45) is 21.7 Å². The number of nitrogens with zero attached hydrogens (tertiary/aromatic N) is 1. The van der Waals surface area contributed by atoms with Gasteiger partial charge in [0.25, 0.3) is 0 Å². The number of nitrogens with two attached hydrogens (primary N) is 1. The lowest BCUT2D eigenvalue weighted by molar-refractivity contribution is 0.167. The molecule has 118 valence electrons. The third kappa shape index (κ3) is 4.97. The molecule has 4 nitrogen and oxygen atoms in total. The van der Waals surface area contributed by atoms with Gasteiger partial charge in [0.05, 0.1) is 0 Å². The predicted molar refractivity (Wildman–Crippen MR) is 85.1 cm³/mol. The van der Waals surface area contributed by atoms with Crippen molar-refractivity contribution in [2.75, 3.05) is 6.54 Å². The highest BCUT2D eigenvalue weighted by molar-refractivity contribution is 5.85. The molecular weight excluding hydrogens is 250 g/mol. The fourth-order valence-electron chi connectivity index (χ4n) is 3.10. The van der Waals surface area contributed by atoms with E-state index in [9.17, 15) is 0 Å². The Bertz CT molecular complexity index is 324. The smallest absolute Gasteiger partial charge is 0.144 e. The molecule has 0 radical (unpaired) electrons. The zero-order valence-electron chi connectivity index (χ0n) is 13.7. The summed E-state index contributed by atoms with van der Waals surface area (Å²) in [5.74, 6) is 0.332. The quantitative estimate of drug-likeness (QED) is 0.220. The van der Waals surface area contributed by atoms with Gasteiger partial charge in [-0.05, 0) is 37.6 Å². The van der Waals surface area contributed by atoms with Crippen LogP contribution in [-0.2, 0) is 0 Å². The van der Waals surface area contributed by atoms with E-state index in [-0.39, 0.29) is 5.41 Å². The molecular formula is C16H33N3O. The van der Waals surface area contributed by atoms with E-state index in [0.717, 1.165) is 25.8 Å². The van der Waals surface area contributed by atoms with E-state index in [1.54, 1.807) is 0 Å². The highest BCUT2D eigenvalue weighted by Crippen LogP contribution is 2.35. The zero-order chi connectivity index (χ0) is 15.2. The van der Waals surface area contributed by atoms with Gasteiger partial charge in [-0.1, -0.05) is 52.1 Å². The third-order valence-electron chi connectivity index (χ3n) is 4.93. The van der Waals surface area contributed by atoms with E-state index in [0.29, 0.717) is 17.3 Å². The van der Waals surface area contributed by atoms with Gasteiger partial charge in [0.1, 0.15) is 5.84 Å². The predicted octanol–water partition coefficient (Wildman–Crippen LogP) is 3.49. The summed E-state index contributed by atoms with van der Waals surface area (Å²) >= 11 is 0. The second-order valence-electron chi connectivity index (χ2n) is 7.57. The molecule has 0 aliphatic heterocycles. The number of rotatable bonds is 7. The fourth-order valence-corrected chi connectivity index (χ4v) is 3.10. The number of hydrogen-bond acceptors (Lipinski definition) is 3. The minimum Gasteiger partial charge on any atom is -0.409 e. The van der Waals surface area contributed by atoms with Gasteiger partial charge in [-0.15, -0.1) is 0 Å². The first kappa shape index (κ1) is 17.3. The van der Waals surface area contributed by atoms with Crippen molar-refractivity contribution in [1.82, 2.24) is 5.32 Å². The molecule has 1 aliphatic rings. The van der Waals surface area contributed by atoms with E-state index in [1.165, 1.54) is 25.7 Å². The molecule has 0 heterocycles. The van der Waals surface area contributed by atoms with Crippen LogP contribution in [0.1, 0.15) is 72.6 Å². The Morgan fingerprint density at radius 2 is 2.05 bits per heavy atom. The van der Waals surface area contributed by atoms with Crippen LogP contribution in [0.2, 0.25) is 0 Å². The highest BCUT2D eigenvalue weighted by Gasteiger charge is 2.31. The molecule has 0 spiro atoms. The summed E-state index contributed by atoms with van der Waals surface area (Å²) in [7, 11) is 0. The van der Waals surface area contributed by atoms with Gasteiger partial charge in [0.2, 0.25) is 0 Å². The summed E-state index contributed by atoms with van der Waals surface area (Å²) in [6, 6.07) is 0.660. The van der Waals surface area contributed by atoms with Crippen molar-refractivity contribution < 1.29 is 5.21 Å². The van der Waals surface area contributed by atoms with E-state index < -0.39 is 0 Å². The van der Waals surface area contributed by atoms with Gasteiger partial charge in [-0.25, -0.2) is 0 Å². The Labute approximate surface area is 124 Å². The van der Waals surface area contributed by atoms with Crippen LogP contribution in [0, 0.1) is 10.8 Å². The van der Waals surface area contributed by atoms with E-state index in [2.05, 4.69) is 24.3 Å². The largest absolute Gasteiger partial charge is 0.409 e. The van der Waals surface area contributed by atoms with Gasteiger partial charge in [0.15, 0.2) is 0 Å². The molecule has 0 bridgehead atoms. The van der Waals surface area contributed by atoms with Crippen LogP contribution >= 0.6 is 0 Å². The monoisotopic (exact) mass is 283 g/mol. The van der Waals surface area contributed by atoms with Crippen LogP contribution in [0.4, 0.5) is 0 Å². The molecule has 0 aromatic rings. The average molecular weight is 283 g/mol. The number of oxime groups is 1. The fraction of sp³-hybridized carbons (Fsp3) is 0.938. The minimum absolute atomic E-state index is 0.209. The molecule has 0 aromatic heterocycles. The normalized spacial score (nSPS) is 23.8. The number of amidine groups is 1. The summed E-state index contributed by atoms with van der Waals surface area (Å²) in [6.45, 7) is 9.89. The molecule has 4 N–H and O–H groups in total. The number of hydrogen-bond donors (Lipinski definition) is 3. The van der Waals surface area contributed by atoms with Crippen molar-refractivity contribution in [3.8, 4) is 0 Å². The topological polar surface area (TPSA) is 70.6 Å². The maximum absolute atomic E-state index is 8.75. The first-order chi connectivity index (χ1) is 9.29. The molecule has 1 fully saturated rings.